The van der Waals surface area contributed by atoms with Gasteiger partial charge in [0, 0.05) is 30.1 Å². The molecular weight excluding hydrogens is 296 g/mol. The number of aryl methyl sites for hydroxylation is 1. The van der Waals surface area contributed by atoms with Gasteiger partial charge >= 0.3 is 0 Å². The predicted molar refractivity (Wildman–Crippen MR) is 87.7 cm³/mol. The summed E-state index contributed by atoms with van der Waals surface area (Å²) in [6.07, 6.45) is 2.12. The highest BCUT2D eigenvalue weighted by Crippen LogP contribution is 2.30. The first-order valence-corrected chi connectivity index (χ1v) is 8.41. The zero-order chi connectivity index (χ0) is 15.5. The molecule has 0 radical (unpaired) electrons. The number of aromatic nitrogens is 1. The van der Waals surface area contributed by atoms with Crippen LogP contribution in [0.15, 0.2) is 29.6 Å². The molecule has 1 aliphatic heterocycles. The number of para-hydroxylation sites is 1. The first-order valence-electron chi connectivity index (χ1n) is 7.53. The molecule has 4 nitrogen and oxygen atoms in total. The van der Waals surface area contributed by atoms with Crippen molar-refractivity contribution in [1.82, 2.24) is 9.88 Å². The van der Waals surface area contributed by atoms with Gasteiger partial charge in [-0.25, -0.2) is 4.98 Å². The van der Waals surface area contributed by atoms with Crippen LogP contribution in [0.25, 0.3) is 0 Å². The summed E-state index contributed by atoms with van der Waals surface area (Å²) in [4.78, 5) is 19.3. The van der Waals surface area contributed by atoms with Gasteiger partial charge in [-0.1, -0.05) is 12.1 Å². The van der Waals surface area contributed by atoms with Crippen LogP contribution in [0.5, 0.6) is 5.75 Å². The minimum atomic E-state index is 0.0513. The molecule has 1 aromatic carbocycles. The smallest absolute Gasteiger partial charge is 0.257 e. The predicted octanol–water partition coefficient (Wildman–Crippen LogP) is 3.48. The molecule has 0 saturated carbocycles. The van der Waals surface area contributed by atoms with Crippen molar-refractivity contribution in [2.24, 2.45) is 0 Å². The van der Waals surface area contributed by atoms with E-state index in [4.69, 9.17) is 4.74 Å². The highest BCUT2D eigenvalue weighted by atomic mass is 32.1. The molecule has 2 aromatic rings. The average Bonchev–Trinajstić information content (AvgIpc) is 3.01. The zero-order valence-electron chi connectivity index (χ0n) is 12.9. The fraction of sp³-hybridized carbons (Fsp3) is 0.412. The van der Waals surface area contributed by atoms with Crippen LogP contribution in [0.3, 0.4) is 0 Å². The van der Waals surface area contributed by atoms with Gasteiger partial charge in [-0.05, 0) is 31.9 Å². The minimum Gasteiger partial charge on any atom is -0.496 e. The third-order valence-corrected chi connectivity index (χ3v) is 5.16. The molecule has 1 atom stereocenters. The second kappa shape index (κ2) is 6.48. The number of hydrogen-bond donors (Lipinski definition) is 0. The number of thiazole rings is 1. The summed E-state index contributed by atoms with van der Waals surface area (Å²) in [7, 11) is 1.60. The van der Waals surface area contributed by atoms with E-state index >= 15 is 0 Å². The maximum absolute atomic E-state index is 12.8. The summed E-state index contributed by atoms with van der Waals surface area (Å²) in [6.45, 7) is 3.56. The lowest BCUT2D eigenvalue weighted by atomic mass is 9.98. The van der Waals surface area contributed by atoms with E-state index in [0.717, 1.165) is 36.6 Å². The van der Waals surface area contributed by atoms with Gasteiger partial charge in [0.2, 0.25) is 0 Å². The molecule has 0 N–H and O–H groups in total. The fourth-order valence-corrected chi connectivity index (χ4v) is 3.84. The molecule has 0 bridgehead atoms. The molecule has 116 valence electrons. The van der Waals surface area contributed by atoms with Gasteiger partial charge in [0.25, 0.3) is 5.91 Å². The molecule has 1 fully saturated rings. The molecular formula is C17H20N2O2S. The summed E-state index contributed by atoms with van der Waals surface area (Å²) >= 11 is 1.70. The Balaban J connectivity index is 1.78. The number of carbonyl (C=O) groups is 1. The van der Waals surface area contributed by atoms with Crippen LogP contribution >= 0.6 is 11.3 Å². The van der Waals surface area contributed by atoms with E-state index in [2.05, 4.69) is 10.4 Å². The van der Waals surface area contributed by atoms with Gasteiger partial charge in [0.1, 0.15) is 5.75 Å². The topological polar surface area (TPSA) is 42.4 Å². The number of likely N-dealkylation sites (tertiary alicyclic amines) is 1. The van der Waals surface area contributed by atoms with Crippen molar-refractivity contribution < 1.29 is 9.53 Å². The van der Waals surface area contributed by atoms with Crippen LogP contribution in [0.2, 0.25) is 0 Å². The molecule has 22 heavy (non-hydrogen) atoms. The second-order valence-electron chi connectivity index (χ2n) is 5.62. The van der Waals surface area contributed by atoms with E-state index in [9.17, 15) is 4.79 Å². The first-order chi connectivity index (χ1) is 10.7. The fourth-order valence-electron chi connectivity index (χ4n) is 2.91. The van der Waals surface area contributed by atoms with Gasteiger partial charge in [-0.2, -0.15) is 0 Å². The third-order valence-electron chi connectivity index (χ3n) is 4.03. The molecule has 5 heteroatoms. The van der Waals surface area contributed by atoms with Crippen molar-refractivity contribution in [3.05, 3.63) is 45.9 Å². The molecule has 0 aliphatic carbocycles. The number of ether oxygens (including phenoxy) is 1. The molecule has 1 aliphatic rings. The van der Waals surface area contributed by atoms with Crippen molar-refractivity contribution in [2.45, 2.75) is 25.7 Å². The van der Waals surface area contributed by atoms with E-state index in [-0.39, 0.29) is 5.91 Å². The number of methoxy groups -OCH3 is 1. The lowest BCUT2D eigenvalue weighted by Crippen LogP contribution is -2.39. The quantitative estimate of drug-likeness (QED) is 0.870. The summed E-state index contributed by atoms with van der Waals surface area (Å²) in [5, 5.41) is 3.23. The highest BCUT2D eigenvalue weighted by Gasteiger charge is 2.28. The van der Waals surface area contributed by atoms with Crippen LogP contribution in [0.4, 0.5) is 0 Å². The van der Waals surface area contributed by atoms with Gasteiger partial charge in [0.15, 0.2) is 0 Å². The SMILES string of the molecule is COc1ccccc1C(=O)N1CCCC(c2nc(C)cs2)C1. The van der Waals surface area contributed by atoms with Crippen molar-refractivity contribution in [2.75, 3.05) is 20.2 Å². The Morgan fingerprint density at radius 2 is 2.23 bits per heavy atom. The maximum atomic E-state index is 12.8. The standard InChI is InChI=1S/C17H20N2O2S/c1-12-11-22-16(18-12)13-6-5-9-19(10-13)17(20)14-7-3-4-8-15(14)21-2/h3-4,7-8,11,13H,5-6,9-10H2,1-2H3. The number of amides is 1. The lowest BCUT2D eigenvalue weighted by Gasteiger charge is -2.32. The number of carbonyl (C=O) groups excluding carboxylic acids is 1. The van der Waals surface area contributed by atoms with Crippen LogP contribution in [0.1, 0.15) is 39.8 Å². The van der Waals surface area contributed by atoms with Crippen molar-refractivity contribution in [3.63, 3.8) is 0 Å². The summed E-state index contributed by atoms with van der Waals surface area (Å²) in [5.41, 5.74) is 1.70. The van der Waals surface area contributed by atoms with Crippen LogP contribution in [-0.2, 0) is 0 Å². The van der Waals surface area contributed by atoms with Crippen molar-refractivity contribution >= 4 is 17.2 Å². The normalized spacial score (nSPS) is 18.3. The first kappa shape index (κ1) is 15.0. The van der Waals surface area contributed by atoms with Crippen molar-refractivity contribution in [3.8, 4) is 5.75 Å². The van der Waals surface area contributed by atoms with E-state index in [1.54, 1.807) is 18.4 Å². The largest absolute Gasteiger partial charge is 0.496 e. The second-order valence-corrected chi connectivity index (χ2v) is 6.51. The Morgan fingerprint density at radius 3 is 2.95 bits per heavy atom. The van der Waals surface area contributed by atoms with E-state index < -0.39 is 0 Å². The zero-order valence-corrected chi connectivity index (χ0v) is 13.7. The summed E-state index contributed by atoms with van der Waals surface area (Å²) in [5.74, 6) is 1.04. The van der Waals surface area contributed by atoms with E-state index in [0.29, 0.717) is 17.2 Å². The minimum absolute atomic E-state index is 0.0513. The number of hydrogen-bond acceptors (Lipinski definition) is 4. The molecule has 1 saturated heterocycles. The van der Waals surface area contributed by atoms with Gasteiger partial charge in [-0.3, -0.25) is 4.79 Å². The van der Waals surface area contributed by atoms with Gasteiger partial charge in [-0.15, -0.1) is 11.3 Å². The Labute approximate surface area is 134 Å². The molecule has 1 amide bonds. The van der Waals surface area contributed by atoms with E-state index in [1.807, 2.05) is 36.1 Å². The number of nitrogens with zero attached hydrogens (tertiary/aromatic N) is 2. The van der Waals surface area contributed by atoms with Crippen LogP contribution < -0.4 is 4.74 Å². The van der Waals surface area contributed by atoms with Gasteiger partial charge < -0.3 is 9.64 Å². The van der Waals surface area contributed by atoms with Crippen LogP contribution in [0, 0.1) is 6.92 Å². The summed E-state index contributed by atoms with van der Waals surface area (Å²) in [6, 6.07) is 7.42. The van der Waals surface area contributed by atoms with Gasteiger partial charge in [0.05, 0.1) is 17.7 Å². The molecule has 3 rings (SSSR count). The number of piperidine rings is 1. The Bertz CT molecular complexity index is 668. The Hall–Kier alpha value is -1.88. The van der Waals surface area contributed by atoms with Crippen LogP contribution in [-0.4, -0.2) is 36.0 Å². The highest BCUT2D eigenvalue weighted by molar-refractivity contribution is 7.09. The molecule has 0 spiro atoms. The number of benzene rings is 1. The maximum Gasteiger partial charge on any atom is 0.257 e. The Morgan fingerprint density at radius 1 is 1.41 bits per heavy atom. The third kappa shape index (κ3) is 2.99. The Kier molecular flexibility index (Phi) is 4.43. The average molecular weight is 316 g/mol. The van der Waals surface area contributed by atoms with Crippen molar-refractivity contribution in [1.29, 1.82) is 0 Å². The van der Waals surface area contributed by atoms with E-state index in [1.165, 1.54) is 0 Å². The summed E-state index contributed by atoms with van der Waals surface area (Å²) < 4.78 is 5.31. The number of rotatable bonds is 3. The monoisotopic (exact) mass is 316 g/mol. The lowest BCUT2D eigenvalue weighted by molar-refractivity contribution is 0.0703. The molecule has 2 heterocycles. The molecule has 1 unspecified atom stereocenters. The molecule has 1 aromatic heterocycles.